The van der Waals surface area contributed by atoms with Gasteiger partial charge in [0.25, 0.3) is 5.69 Å². The van der Waals surface area contributed by atoms with Crippen LogP contribution in [-0.2, 0) is 0 Å². The van der Waals surface area contributed by atoms with Crippen LogP contribution in [0.4, 0.5) is 5.69 Å². The molecule has 4 nitrogen and oxygen atoms in total. The van der Waals surface area contributed by atoms with Gasteiger partial charge in [-0.3, -0.25) is 10.1 Å². The van der Waals surface area contributed by atoms with E-state index in [1.807, 2.05) is 25.1 Å². The molecule has 0 amide bonds. The molecular formula is C14H9ClN2O2S2. The number of halogens is 1. The SMILES string of the molecule is Cc1ccc2sc(Sc3ccc([N+](=O)[O-])cc3Cl)nc2c1. The van der Waals surface area contributed by atoms with Gasteiger partial charge >= 0.3 is 0 Å². The van der Waals surface area contributed by atoms with E-state index >= 15 is 0 Å². The van der Waals surface area contributed by atoms with Crippen molar-refractivity contribution in [1.82, 2.24) is 4.98 Å². The molecule has 0 radical (unpaired) electrons. The van der Waals surface area contributed by atoms with Gasteiger partial charge in [0.15, 0.2) is 4.34 Å². The molecule has 1 heterocycles. The van der Waals surface area contributed by atoms with Crippen LogP contribution in [0.3, 0.4) is 0 Å². The Labute approximate surface area is 133 Å². The number of aromatic nitrogens is 1. The summed E-state index contributed by atoms with van der Waals surface area (Å²) in [5.74, 6) is 0. The lowest BCUT2D eigenvalue weighted by Gasteiger charge is -2.00. The molecule has 2 aromatic carbocycles. The van der Waals surface area contributed by atoms with Crippen LogP contribution in [0.2, 0.25) is 5.02 Å². The van der Waals surface area contributed by atoms with E-state index in [4.69, 9.17) is 11.6 Å². The molecule has 0 bridgehead atoms. The number of thiazole rings is 1. The third-order valence-corrected chi connectivity index (χ3v) is 5.44. The van der Waals surface area contributed by atoms with Gasteiger partial charge in [-0.05, 0) is 30.7 Å². The van der Waals surface area contributed by atoms with Crippen molar-refractivity contribution >= 4 is 50.6 Å². The lowest BCUT2D eigenvalue weighted by Crippen LogP contribution is -1.87. The minimum absolute atomic E-state index is 0.00993. The van der Waals surface area contributed by atoms with Crippen LogP contribution in [-0.4, -0.2) is 9.91 Å². The Hall–Kier alpha value is -1.63. The molecule has 0 aliphatic heterocycles. The van der Waals surface area contributed by atoms with E-state index in [0.29, 0.717) is 5.02 Å². The molecule has 0 spiro atoms. The summed E-state index contributed by atoms with van der Waals surface area (Å²) in [4.78, 5) is 15.6. The summed E-state index contributed by atoms with van der Waals surface area (Å²) in [6, 6.07) is 10.6. The van der Waals surface area contributed by atoms with Crippen molar-refractivity contribution in [3.63, 3.8) is 0 Å². The van der Waals surface area contributed by atoms with Gasteiger partial charge in [0.2, 0.25) is 0 Å². The van der Waals surface area contributed by atoms with Crippen LogP contribution >= 0.6 is 34.7 Å². The molecule has 3 aromatic rings. The van der Waals surface area contributed by atoms with Gasteiger partial charge in [-0.25, -0.2) is 4.98 Å². The lowest BCUT2D eigenvalue weighted by atomic mass is 10.2. The molecule has 1 aromatic heterocycles. The number of nitro groups is 1. The predicted molar refractivity (Wildman–Crippen MR) is 86.6 cm³/mol. The largest absolute Gasteiger partial charge is 0.270 e. The number of fused-ring (bicyclic) bond motifs is 1. The highest BCUT2D eigenvalue weighted by atomic mass is 35.5. The molecule has 0 atom stereocenters. The fraction of sp³-hybridized carbons (Fsp3) is 0.0714. The maximum Gasteiger partial charge on any atom is 0.270 e. The van der Waals surface area contributed by atoms with Crippen molar-refractivity contribution < 1.29 is 4.92 Å². The molecule has 0 fully saturated rings. The van der Waals surface area contributed by atoms with Crippen molar-refractivity contribution in [2.75, 3.05) is 0 Å². The summed E-state index contributed by atoms with van der Waals surface area (Å²) >= 11 is 9.10. The van der Waals surface area contributed by atoms with E-state index in [-0.39, 0.29) is 5.69 Å². The van der Waals surface area contributed by atoms with Gasteiger partial charge < -0.3 is 0 Å². The highest BCUT2D eigenvalue weighted by Gasteiger charge is 2.12. The Balaban J connectivity index is 1.93. The lowest BCUT2D eigenvalue weighted by molar-refractivity contribution is -0.384. The quantitative estimate of drug-likeness (QED) is 0.480. The monoisotopic (exact) mass is 336 g/mol. The topological polar surface area (TPSA) is 56.0 Å². The number of nitrogens with zero attached hydrogens (tertiary/aromatic N) is 2. The Morgan fingerprint density at radius 1 is 1.29 bits per heavy atom. The number of nitro benzene ring substituents is 1. The van der Waals surface area contributed by atoms with Crippen LogP contribution in [0, 0.1) is 17.0 Å². The summed E-state index contributed by atoms with van der Waals surface area (Å²) in [7, 11) is 0. The normalized spacial score (nSPS) is 11.0. The second kappa shape index (κ2) is 5.63. The van der Waals surface area contributed by atoms with Gasteiger partial charge in [-0.1, -0.05) is 29.4 Å². The first-order valence-electron chi connectivity index (χ1n) is 6.02. The van der Waals surface area contributed by atoms with E-state index in [2.05, 4.69) is 4.98 Å². The first-order chi connectivity index (χ1) is 10.0. The number of hydrogen-bond acceptors (Lipinski definition) is 5. The van der Waals surface area contributed by atoms with E-state index in [1.165, 1.54) is 23.9 Å². The molecule has 0 aliphatic rings. The Bertz CT molecular complexity index is 848. The van der Waals surface area contributed by atoms with Crippen LogP contribution in [0.1, 0.15) is 5.56 Å². The second-order valence-corrected chi connectivity index (χ2v) is 7.15. The predicted octanol–water partition coefficient (Wildman–Crippen LogP) is 5.32. The highest BCUT2D eigenvalue weighted by molar-refractivity contribution is 8.01. The average Bonchev–Trinajstić information content (AvgIpc) is 2.82. The van der Waals surface area contributed by atoms with Crippen molar-refractivity contribution in [1.29, 1.82) is 0 Å². The zero-order valence-corrected chi connectivity index (χ0v) is 13.3. The van der Waals surface area contributed by atoms with E-state index in [9.17, 15) is 10.1 Å². The summed E-state index contributed by atoms with van der Waals surface area (Å²) in [5, 5.41) is 11.1. The summed E-state index contributed by atoms with van der Waals surface area (Å²) in [5.41, 5.74) is 2.11. The average molecular weight is 337 g/mol. The van der Waals surface area contributed by atoms with Gasteiger partial charge in [0.1, 0.15) is 0 Å². The molecular weight excluding hydrogens is 328 g/mol. The van der Waals surface area contributed by atoms with E-state index in [1.54, 1.807) is 17.4 Å². The highest BCUT2D eigenvalue weighted by Crippen LogP contribution is 2.38. The number of non-ortho nitro benzene ring substituents is 1. The first kappa shape index (κ1) is 14.3. The number of aryl methyl sites for hydroxylation is 1. The summed E-state index contributed by atoms with van der Waals surface area (Å²) < 4.78 is 1.98. The number of benzene rings is 2. The molecule has 21 heavy (non-hydrogen) atoms. The van der Waals surface area contributed by atoms with Gasteiger partial charge in [0, 0.05) is 17.0 Å². The zero-order valence-electron chi connectivity index (χ0n) is 10.9. The maximum atomic E-state index is 10.7. The van der Waals surface area contributed by atoms with E-state index < -0.39 is 4.92 Å². The minimum Gasteiger partial charge on any atom is -0.258 e. The molecule has 106 valence electrons. The Kier molecular flexibility index (Phi) is 3.84. The standard InChI is InChI=1S/C14H9ClN2O2S2/c1-8-2-4-13-11(6-8)16-14(21-13)20-12-5-3-9(17(18)19)7-10(12)15/h2-7H,1H3. The second-order valence-electron chi connectivity index (χ2n) is 4.42. The van der Waals surface area contributed by atoms with Crippen molar-refractivity contribution in [2.24, 2.45) is 0 Å². The van der Waals surface area contributed by atoms with Gasteiger partial charge in [-0.2, -0.15) is 0 Å². The minimum atomic E-state index is -0.458. The summed E-state index contributed by atoms with van der Waals surface area (Å²) in [6.07, 6.45) is 0. The molecule has 7 heteroatoms. The van der Waals surface area contributed by atoms with Crippen molar-refractivity contribution in [3.8, 4) is 0 Å². The van der Waals surface area contributed by atoms with Crippen molar-refractivity contribution in [3.05, 3.63) is 57.1 Å². The third kappa shape index (κ3) is 3.02. The van der Waals surface area contributed by atoms with E-state index in [0.717, 1.165) is 25.0 Å². The molecule has 0 saturated carbocycles. The van der Waals surface area contributed by atoms with Gasteiger partial charge in [-0.15, -0.1) is 11.3 Å². The van der Waals surface area contributed by atoms with Crippen LogP contribution in [0.25, 0.3) is 10.2 Å². The molecule has 0 N–H and O–H groups in total. The Morgan fingerprint density at radius 3 is 2.81 bits per heavy atom. The van der Waals surface area contributed by atoms with Crippen LogP contribution in [0.15, 0.2) is 45.6 Å². The van der Waals surface area contributed by atoms with Gasteiger partial charge in [0.05, 0.1) is 20.2 Å². The summed E-state index contributed by atoms with van der Waals surface area (Å²) in [6.45, 7) is 2.03. The Morgan fingerprint density at radius 2 is 2.10 bits per heavy atom. The smallest absolute Gasteiger partial charge is 0.258 e. The van der Waals surface area contributed by atoms with Crippen LogP contribution in [0.5, 0.6) is 0 Å². The molecule has 0 unspecified atom stereocenters. The molecule has 3 rings (SSSR count). The first-order valence-corrected chi connectivity index (χ1v) is 8.03. The maximum absolute atomic E-state index is 10.7. The molecule has 0 aliphatic carbocycles. The number of rotatable bonds is 3. The zero-order chi connectivity index (χ0) is 15.0. The van der Waals surface area contributed by atoms with Crippen LogP contribution < -0.4 is 0 Å². The fourth-order valence-electron chi connectivity index (χ4n) is 1.84. The third-order valence-electron chi connectivity index (χ3n) is 2.85. The molecule has 0 saturated heterocycles. The van der Waals surface area contributed by atoms with Crippen molar-refractivity contribution in [2.45, 2.75) is 16.2 Å². The fourth-order valence-corrected chi connectivity index (χ4v) is 4.14. The number of hydrogen-bond donors (Lipinski definition) is 0.